The summed E-state index contributed by atoms with van der Waals surface area (Å²) in [5.74, 6) is 0.810. The highest BCUT2D eigenvalue weighted by Crippen LogP contribution is 2.24. The summed E-state index contributed by atoms with van der Waals surface area (Å²) >= 11 is 5.97. The van der Waals surface area contributed by atoms with Gasteiger partial charge < -0.3 is 10.6 Å². The Morgan fingerprint density at radius 1 is 1.23 bits per heavy atom. The number of carbonyl (C=O) groups is 1. The van der Waals surface area contributed by atoms with Gasteiger partial charge >= 0.3 is 0 Å². The van der Waals surface area contributed by atoms with Crippen LogP contribution in [0.5, 0.6) is 0 Å². The van der Waals surface area contributed by atoms with E-state index in [-0.39, 0.29) is 11.9 Å². The molecule has 6 nitrogen and oxygen atoms in total. The van der Waals surface area contributed by atoms with E-state index in [1.807, 2.05) is 43.3 Å². The fourth-order valence-electron chi connectivity index (χ4n) is 3.22. The summed E-state index contributed by atoms with van der Waals surface area (Å²) in [5, 5.41) is 11.7. The lowest BCUT2D eigenvalue weighted by molar-refractivity contribution is -0.121. The summed E-state index contributed by atoms with van der Waals surface area (Å²) in [4.78, 5) is 16.8. The molecule has 1 fully saturated rings. The summed E-state index contributed by atoms with van der Waals surface area (Å²) in [6, 6.07) is 11.2. The molecule has 3 heterocycles. The SMILES string of the molecule is Cc1cc(NC2CCCCNC2=O)n2nc(-c3ccc(Cl)cc3)cc2n1. The zero-order valence-corrected chi connectivity index (χ0v) is 15.3. The normalized spacial score (nSPS) is 17.8. The number of benzene rings is 1. The minimum Gasteiger partial charge on any atom is -0.358 e. The third-order valence-corrected chi connectivity index (χ3v) is 4.80. The zero-order valence-electron chi connectivity index (χ0n) is 14.5. The first kappa shape index (κ1) is 16.8. The van der Waals surface area contributed by atoms with Crippen LogP contribution < -0.4 is 10.6 Å². The largest absolute Gasteiger partial charge is 0.358 e. The first-order valence-electron chi connectivity index (χ1n) is 8.78. The number of nitrogens with one attached hydrogen (secondary N) is 2. The van der Waals surface area contributed by atoms with Gasteiger partial charge in [-0.05, 0) is 38.3 Å². The summed E-state index contributed by atoms with van der Waals surface area (Å²) < 4.78 is 1.76. The van der Waals surface area contributed by atoms with Crippen LogP contribution in [-0.4, -0.2) is 33.1 Å². The Bertz CT molecular complexity index is 950. The number of carbonyl (C=O) groups excluding carboxylic acids is 1. The third-order valence-electron chi connectivity index (χ3n) is 4.55. The Morgan fingerprint density at radius 2 is 2.04 bits per heavy atom. The van der Waals surface area contributed by atoms with Gasteiger partial charge in [-0.25, -0.2) is 4.98 Å². The van der Waals surface area contributed by atoms with Crippen molar-refractivity contribution in [3.05, 3.63) is 47.1 Å². The smallest absolute Gasteiger partial charge is 0.242 e. The van der Waals surface area contributed by atoms with Crippen molar-refractivity contribution in [1.29, 1.82) is 0 Å². The number of aryl methyl sites for hydroxylation is 1. The topological polar surface area (TPSA) is 71.3 Å². The maximum Gasteiger partial charge on any atom is 0.242 e. The first-order valence-corrected chi connectivity index (χ1v) is 9.15. The molecule has 2 N–H and O–H groups in total. The van der Waals surface area contributed by atoms with E-state index in [1.54, 1.807) is 4.52 Å². The molecule has 4 rings (SSSR count). The molecule has 0 spiro atoms. The third kappa shape index (κ3) is 3.37. The summed E-state index contributed by atoms with van der Waals surface area (Å²) in [6.07, 6.45) is 2.83. The highest BCUT2D eigenvalue weighted by Gasteiger charge is 2.22. The first-order chi connectivity index (χ1) is 12.6. The number of amides is 1. The number of aromatic nitrogens is 3. The van der Waals surface area contributed by atoms with Crippen molar-refractivity contribution in [2.75, 3.05) is 11.9 Å². The van der Waals surface area contributed by atoms with Crippen LogP contribution in [0.25, 0.3) is 16.9 Å². The lowest BCUT2D eigenvalue weighted by Crippen LogP contribution is -2.38. The van der Waals surface area contributed by atoms with Crippen LogP contribution in [-0.2, 0) is 4.79 Å². The second-order valence-corrected chi connectivity index (χ2v) is 7.01. The van der Waals surface area contributed by atoms with Crippen LogP contribution in [0.1, 0.15) is 25.0 Å². The maximum absolute atomic E-state index is 12.3. The molecule has 0 saturated carbocycles. The van der Waals surface area contributed by atoms with E-state index in [9.17, 15) is 4.79 Å². The van der Waals surface area contributed by atoms with Crippen molar-refractivity contribution in [3.63, 3.8) is 0 Å². The van der Waals surface area contributed by atoms with E-state index in [4.69, 9.17) is 11.6 Å². The lowest BCUT2D eigenvalue weighted by atomic mass is 10.1. The van der Waals surface area contributed by atoms with Crippen LogP contribution in [0.2, 0.25) is 5.02 Å². The summed E-state index contributed by atoms with van der Waals surface area (Å²) in [7, 11) is 0. The number of hydrogen-bond donors (Lipinski definition) is 2. The quantitative estimate of drug-likeness (QED) is 0.741. The monoisotopic (exact) mass is 369 g/mol. The van der Waals surface area contributed by atoms with E-state index >= 15 is 0 Å². The molecule has 0 aliphatic carbocycles. The molecule has 26 heavy (non-hydrogen) atoms. The van der Waals surface area contributed by atoms with Gasteiger partial charge in [0, 0.05) is 35.0 Å². The fourth-order valence-corrected chi connectivity index (χ4v) is 3.35. The number of fused-ring (bicyclic) bond motifs is 1. The molecule has 1 atom stereocenters. The standard InChI is InChI=1S/C19H20ClN5O/c1-12-10-17(23-15-4-2-3-9-21-19(15)26)25-18(22-12)11-16(24-25)13-5-7-14(20)8-6-13/h5-8,10-11,15,23H,2-4,9H2,1H3,(H,21,26). The Morgan fingerprint density at radius 3 is 2.85 bits per heavy atom. The Hall–Kier alpha value is -2.60. The minimum absolute atomic E-state index is 0.0372. The molecule has 2 aromatic heterocycles. The van der Waals surface area contributed by atoms with E-state index in [0.717, 1.165) is 54.2 Å². The van der Waals surface area contributed by atoms with Gasteiger partial charge in [-0.2, -0.15) is 9.61 Å². The molecule has 134 valence electrons. The zero-order chi connectivity index (χ0) is 18.1. The van der Waals surface area contributed by atoms with Crippen molar-refractivity contribution in [3.8, 4) is 11.3 Å². The molecular weight excluding hydrogens is 350 g/mol. The second kappa shape index (κ2) is 6.96. The highest BCUT2D eigenvalue weighted by molar-refractivity contribution is 6.30. The summed E-state index contributed by atoms with van der Waals surface area (Å²) in [5.41, 5.74) is 3.40. The molecule has 1 aliphatic rings. The highest BCUT2D eigenvalue weighted by atomic mass is 35.5. The number of hydrogen-bond acceptors (Lipinski definition) is 4. The number of rotatable bonds is 3. The van der Waals surface area contributed by atoms with Gasteiger partial charge in [0.2, 0.25) is 5.91 Å². The average Bonchev–Trinajstić information content (AvgIpc) is 2.94. The van der Waals surface area contributed by atoms with Gasteiger partial charge in [-0.15, -0.1) is 0 Å². The molecule has 1 aliphatic heterocycles. The van der Waals surface area contributed by atoms with E-state index < -0.39 is 0 Å². The van der Waals surface area contributed by atoms with E-state index in [1.165, 1.54) is 0 Å². The number of halogens is 1. The number of anilines is 1. The van der Waals surface area contributed by atoms with Gasteiger partial charge in [0.15, 0.2) is 5.65 Å². The van der Waals surface area contributed by atoms with Crippen LogP contribution >= 0.6 is 11.6 Å². The molecule has 0 radical (unpaired) electrons. The maximum atomic E-state index is 12.3. The predicted molar refractivity (Wildman–Crippen MR) is 102 cm³/mol. The van der Waals surface area contributed by atoms with Crippen molar-refractivity contribution >= 4 is 29.0 Å². The Balaban J connectivity index is 1.72. The van der Waals surface area contributed by atoms with Gasteiger partial charge in [0.05, 0.1) is 5.69 Å². The molecular formula is C19H20ClN5O. The predicted octanol–water partition coefficient (Wildman–Crippen LogP) is 3.44. The molecule has 1 saturated heterocycles. The van der Waals surface area contributed by atoms with Crippen LogP contribution in [0.3, 0.4) is 0 Å². The Labute approximate surface area is 156 Å². The molecule has 1 aromatic carbocycles. The van der Waals surface area contributed by atoms with E-state index in [0.29, 0.717) is 5.02 Å². The van der Waals surface area contributed by atoms with Gasteiger partial charge in [-0.1, -0.05) is 23.7 Å². The van der Waals surface area contributed by atoms with Crippen LogP contribution in [0, 0.1) is 6.92 Å². The van der Waals surface area contributed by atoms with Crippen molar-refractivity contribution < 1.29 is 4.79 Å². The molecule has 0 bridgehead atoms. The van der Waals surface area contributed by atoms with Crippen LogP contribution in [0.4, 0.5) is 5.82 Å². The average molecular weight is 370 g/mol. The van der Waals surface area contributed by atoms with Crippen molar-refractivity contribution in [2.24, 2.45) is 0 Å². The van der Waals surface area contributed by atoms with Gasteiger partial charge in [-0.3, -0.25) is 4.79 Å². The van der Waals surface area contributed by atoms with Crippen molar-refractivity contribution in [2.45, 2.75) is 32.2 Å². The van der Waals surface area contributed by atoms with Gasteiger partial charge in [0.1, 0.15) is 11.9 Å². The fraction of sp³-hybridized carbons (Fsp3) is 0.316. The van der Waals surface area contributed by atoms with Crippen LogP contribution in [0.15, 0.2) is 36.4 Å². The molecule has 1 amide bonds. The second-order valence-electron chi connectivity index (χ2n) is 6.57. The molecule has 7 heteroatoms. The molecule has 1 unspecified atom stereocenters. The van der Waals surface area contributed by atoms with E-state index in [2.05, 4.69) is 20.7 Å². The summed E-state index contributed by atoms with van der Waals surface area (Å²) in [6.45, 7) is 2.68. The van der Waals surface area contributed by atoms with Gasteiger partial charge in [0.25, 0.3) is 0 Å². The molecule has 3 aromatic rings. The lowest BCUT2D eigenvalue weighted by Gasteiger charge is -2.17. The minimum atomic E-state index is -0.259. The Kier molecular flexibility index (Phi) is 4.51. The number of nitrogens with zero attached hydrogens (tertiary/aromatic N) is 3. The van der Waals surface area contributed by atoms with Crippen molar-refractivity contribution in [1.82, 2.24) is 19.9 Å².